The van der Waals surface area contributed by atoms with Crippen molar-refractivity contribution >= 4 is 0 Å². The van der Waals surface area contributed by atoms with Crippen LogP contribution in [0.2, 0.25) is 0 Å². The first-order chi connectivity index (χ1) is 7.77. The Labute approximate surface area is 98.6 Å². The minimum absolute atomic E-state index is 0.224. The Bertz CT molecular complexity index is 259. The number of hydrogen-bond acceptors (Lipinski definition) is 0. The highest BCUT2D eigenvalue weighted by atomic mass is 14.4. The second-order valence-electron chi connectivity index (χ2n) is 6.88. The van der Waals surface area contributed by atoms with Gasteiger partial charge in [0.15, 0.2) is 0 Å². The van der Waals surface area contributed by atoms with Crippen molar-refractivity contribution in [1.29, 1.82) is 0 Å². The molecule has 88 valence electrons. The van der Waals surface area contributed by atoms with Crippen molar-refractivity contribution in [2.24, 2.45) is 16.7 Å². The van der Waals surface area contributed by atoms with Gasteiger partial charge in [-0.3, -0.25) is 0 Å². The highest BCUT2D eigenvalue weighted by Gasteiger charge is 2.37. The number of hydrogen-bond donors (Lipinski definition) is 0. The van der Waals surface area contributed by atoms with Gasteiger partial charge in [-0.05, 0) is 61.6 Å². The molecule has 2 saturated carbocycles. The Morgan fingerprint density at radius 2 is 1.60 bits per heavy atom. The monoisotopic (exact) mass is 210 g/mol. The van der Waals surface area contributed by atoms with Gasteiger partial charge in [0.25, 0.3) is 0 Å². The summed E-state index contributed by atoms with van der Waals surface area (Å²) in [6.07, 6.45) is 9.45. The summed E-state index contributed by atoms with van der Waals surface area (Å²) < 4.78 is 16.8. The van der Waals surface area contributed by atoms with Gasteiger partial charge in [0.1, 0.15) is 0 Å². The molecule has 0 N–H and O–H groups in total. The van der Waals surface area contributed by atoms with Crippen molar-refractivity contribution < 1.29 is 2.74 Å². The van der Waals surface area contributed by atoms with Crippen LogP contribution in [0.1, 0.15) is 81.3 Å². The maximum atomic E-state index is 8.40. The van der Waals surface area contributed by atoms with E-state index in [1.807, 2.05) is 20.8 Å². The molecule has 15 heavy (non-hydrogen) atoms. The fourth-order valence-corrected chi connectivity index (χ4v) is 3.61. The second-order valence-corrected chi connectivity index (χ2v) is 6.88. The molecule has 0 bridgehead atoms. The third-order valence-electron chi connectivity index (χ3n) is 4.35. The molecule has 0 saturated heterocycles. The molecule has 0 aromatic heterocycles. The normalized spacial score (nSPS) is 30.3. The van der Waals surface area contributed by atoms with E-state index < -0.39 is 6.37 Å². The van der Waals surface area contributed by atoms with Crippen molar-refractivity contribution in [2.75, 3.05) is 0 Å². The molecule has 2 rings (SSSR count). The molecule has 0 nitrogen and oxygen atoms in total. The Hall–Kier alpha value is 0. The largest absolute Gasteiger partial charge is 0.0602 e. The molecule has 0 aromatic carbocycles. The molecule has 0 aromatic rings. The van der Waals surface area contributed by atoms with Gasteiger partial charge in [-0.25, -0.2) is 0 Å². The minimum Gasteiger partial charge on any atom is -0.0602 e. The predicted molar refractivity (Wildman–Crippen MR) is 66.9 cm³/mol. The van der Waals surface area contributed by atoms with E-state index in [9.17, 15) is 0 Å². The van der Waals surface area contributed by atoms with E-state index in [0.717, 1.165) is 12.8 Å². The third kappa shape index (κ3) is 2.98. The lowest BCUT2D eigenvalue weighted by Crippen LogP contribution is -2.26. The summed E-state index contributed by atoms with van der Waals surface area (Å²) in [5.41, 5.74) is 0.405. The van der Waals surface area contributed by atoms with E-state index in [4.69, 9.17) is 2.74 Å². The molecule has 0 heteroatoms. The lowest BCUT2D eigenvalue weighted by atomic mass is 9.67. The maximum absolute atomic E-state index is 8.40. The van der Waals surface area contributed by atoms with E-state index in [1.54, 1.807) is 0 Å². The first kappa shape index (κ1) is 9.07. The highest BCUT2D eigenvalue weighted by Crippen LogP contribution is 2.51. The first-order valence-corrected chi connectivity index (χ1v) is 6.77. The molecule has 0 radical (unpaired) electrons. The van der Waals surface area contributed by atoms with Gasteiger partial charge in [-0.2, -0.15) is 0 Å². The Morgan fingerprint density at radius 1 is 1.07 bits per heavy atom. The fraction of sp³-hybridized carbons (Fsp3) is 1.00. The maximum Gasteiger partial charge on any atom is 0.0275 e. The standard InChI is InChI=1S/C15H28/c1-14(2,3)12-13-6-10-15(11-7-13)8-4-5-9-15/h13H,4-12H2,1-3H3/i12D2. The zero-order valence-electron chi connectivity index (χ0n) is 12.7. The summed E-state index contributed by atoms with van der Waals surface area (Å²) in [6, 6.07) is 0. The van der Waals surface area contributed by atoms with Crippen molar-refractivity contribution in [2.45, 2.75) is 78.5 Å². The highest BCUT2D eigenvalue weighted by molar-refractivity contribution is 4.90. The molecule has 2 aliphatic rings. The Balaban J connectivity index is 1.99. The van der Waals surface area contributed by atoms with Crippen LogP contribution in [0.4, 0.5) is 0 Å². The van der Waals surface area contributed by atoms with E-state index in [1.165, 1.54) is 38.5 Å². The molecular formula is C15H28. The summed E-state index contributed by atoms with van der Waals surface area (Å²) in [5, 5.41) is 0. The van der Waals surface area contributed by atoms with Crippen LogP contribution in [-0.4, -0.2) is 0 Å². The molecule has 2 aliphatic carbocycles. The average molecular weight is 210 g/mol. The SMILES string of the molecule is [2H]C([2H])(C1CCC2(CCCC2)CC1)C(C)(C)C. The van der Waals surface area contributed by atoms with Gasteiger partial charge in [-0.15, -0.1) is 0 Å². The lowest BCUT2D eigenvalue weighted by molar-refractivity contribution is 0.128. The van der Waals surface area contributed by atoms with Gasteiger partial charge in [-0.1, -0.05) is 33.6 Å². The molecule has 0 unspecified atom stereocenters. The molecule has 0 aliphatic heterocycles. The fourth-order valence-electron chi connectivity index (χ4n) is 3.61. The van der Waals surface area contributed by atoms with E-state index in [0.29, 0.717) is 5.41 Å². The molecule has 0 heterocycles. The van der Waals surface area contributed by atoms with Gasteiger partial charge in [0.2, 0.25) is 0 Å². The van der Waals surface area contributed by atoms with Crippen LogP contribution < -0.4 is 0 Å². The third-order valence-corrected chi connectivity index (χ3v) is 4.35. The van der Waals surface area contributed by atoms with E-state index in [2.05, 4.69) is 0 Å². The molecular weight excluding hydrogens is 180 g/mol. The smallest absolute Gasteiger partial charge is 0.0275 e. The second kappa shape index (κ2) is 4.11. The van der Waals surface area contributed by atoms with E-state index in [-0.39, 0.29) is 11.3 Å². The van der Waals surface area contributed by atoms with Gasteiger partial charge < -0.3 is 0 Å². The van der Waals surface area contributed by atoms with Gasteiger partial charge >= 0.3 is 0 Å². The number of rotatable bonds is 1. The summed E-state index contributed by atoms with van der Waals surface area (Å²) in [5.74, 6) is 0.286. The lowest BCUT2D eigenvalue weighted by Gasteiger charge is -2.39. The predicted octanol–water partition coefficient (Wildman–Crippen LogP) is 5.17. The first-order valence-electron chi connectivity index (χ1n) is 7.77. The van der Waals surface area contributed by atoms with Gasteiger partial charge in [0.05, 0.1) is 0 Å². The topological polar surface area (TPSA) is 0 Å². The summed E-state index contributed by atoms with van der Waals surface area (Å²) in [4.78, 5) is 0. The van der Waals surface area contributed by atoms with Crippen LogP contribution in [-0.2, 0) is 0 Å². The average Bonchev–Trinajstić information content (AvgIpc) is 2.65. The van der Waals surface area contributed by atoms with Crippen LogP contribution in [0, 0.1) is 16.7 Å². The zero-order chi connectivity index (χ0) is 12.7. The summed E-state index contributed by atoms with van der Waals surface area (Å²) in [6.45, 7) is 6.15. The van der Waals surface area contributed by atoms with Gasteiger partial charge in [0, 0.05) is 2.74 Å². The molecule has 0 amide bonds. The summed E-state index contributed by atoms with van der Waals surface area (Å²) in [7, 11) is 0. The molecule has 1 spiro atoms. The minimum atomic E-state index is -1.01. The van der Waals surface area contributed by atoms with E-state index >= 15 is 0 Å². The van der Waals surface area contributed by atoms with Crippen molar-refractivity contribution in [3.05, 3.63) is 0 Å². The van der Waals surface area contributed by atoms with Crippen molar-refractivity contribution in [1.82, 2.24) is 0 Å². The molecule has 2 fully saturated rings. The molecule has 0 atom stereocenters. The zero-order valence-corrected chi connectivity index (χ0v) is 10.7. The Morgan fingerprint density at radius 3 is 2.07 bits per heavy atom. The quantitative estimate of drug-likeness (QED) is 0.560. The van der Waals surface area contributed by atoms with Crippen LogP contribution in [0.5, 0.6) is 0 Å². The summed E-state index contributed by atoms with van der Waals surface area (Å²) >= 11 is 0. The van der Waals surface area contributed by atoms with Crippen LogP contribution in [0.3, 0.4) is 0 Å². The Kier molecular flexibility index (Phi) is 2.48. The van der Waals surface area contributed by atoms with Crippen LogP contribution >= 0.6 is 0 Å². The van der Waals surface area contributed by atoms with Crippen molar-refractivity contribution in [3.8, 4) is 0 Å². The van der Waals surface area contributed by atoms with Crippen LogP contribution in [0.15, 0.2) is 0 Å². The van der Waals surface area contributed by atoms with Crippen molar-refractivity contribution in [3.63, 3.8) is 0 Å². The van der Waals surface area contributed by atoms with Crippen LogP contribution in [0.25, 0.3) is 0 Å².